The highest BCUT2D eigenvalue weighted by Gasteiger charge is 2.53. The van der Waals surface area contributed by atoms with Crippen molar-refractivity contribution in [2.24, 2.45) is 35.5 Å². The first-order valence-electron chi connectivity index (χ1n) is 25.5. The average Bonchev–Trinajstić information content (AvgIpc) is 3.33. The lowest BCUT2D eigenvalue weighted by Gasteiger charge is -2.42. The SMILES string of the molecule is CO[C@H]1C[C@@H]2CC[C@@H](C)[C@@](O)(O2)C(=O)C(=O)N2CCCC[C@H]2C(=O)O[C@H]([C@H](C)C[C@@H]2CC[C@@H](OCCCO)[C@H](OC)C2)CC(=O)[C@H](C)/C=C(\C)[C@@H](O)[C@@H](OC)C(=O)[C@H](C)C[C@H](C)/C=C/C=C/C=C\1C. The standard InChI is InChI=1S/C54H85NO14/c1-33-17-12-11-13-18-34(2)45(64-8)31-41-22-20-39(7)54(63,69-41)51(60)52(61)55-24-15-14-19-42(55)53(62)68-46(36(4)29-40-21-23-44(47(30-40)65-9)67-26-16-25-56)32-43(57)35(3)28-38(6)49(59)50(66-10)48(58)37(5)27-33/h11-13,17-18,28,33,35-37,39-42,44-47,49-50,56,59,63H,14-16,19-27,29-32H2,1-10H3/b13-11+,17-12+,34-18-,38-28+/t33-,35-,36-,37-,39-,40+,41+,42+,44-,45+,46+,47-,49-,50+,54-/m1/s1. The summed E-state index contributed by atoms with van der Waals surface area (Å²) in [6, 6.07) is -1.14. The van der Waals surface area contributed by atoms with E-state index in [0.717, 1.165) is 18.4 Å². The molecule has 0 unspecified atom stereocenters. The summed E-state index contributed by atoms with van der Waals surface area (Å²) in [5.74, 6) is -7.92. The summed E-state index contributed by atoms with van der Waals surface area (Å²) in [5, 5.41) is 32.7. The minimum atomic E-state index is -2.43. The number of piperidine rings is 1. The lowest BCUT2D eigenvalue weighted by Crippen LogP contribution is -2.61. The number of carbonyl (C=O) groups excluding carboxylic acids is 5. The van der Waals surface area contributed by atoms with Crippen LogP contribution in [0.25, 0.3) is 0 Å². The summed E-state index contributed by atoms with van der Waals surface area (Å²) in [6.07, 6.45) is 12.7. The van der Waals surface area contributed by atoms with Crippen LogP contribution >= 0.6 is 0 Å². The molecule has 0 radical (unpaired) electrons. The maximum absolute atomic E-state index is 14.5. The van der Waals surface area contributed by atoms with E-state index in [1.54, 1.807) is 41.1 Å². The molecule has 2 saturated heterocycles. The van der Waals surface area contributed by atoms with Gasteiger partial charge < -0.3 is 48.6 Å². The van der Waals surface area contributed by atoms with Crippen molar-refractivity contribution >= 4 is 29.2 Å². The summed E-state index contributed by atoms with van der Waals surface area (Å²) in [5.41, 5.74) is 1.27. The van der Waals surface area contributed by atoms with Crippen molar-refractivity contribution in [2.75, 3.05) is 41.1 Å². The molecule has 0 aromatic heterocycles. The minimum Gasteiger partial charge on any atom is -0.460 e. The fourth-order valence-electron chi connectivity index (χ4n) is 10.6. The fraction of sp³-hybridized carbons (Fsp3) is 0.759. The second-order valence-corrected chi connectivity index (χ2v) is 20.5. The Labute approximate surface area is 411 Å². The van der Waals surface area contributed by atoms with E-state index in [2.05, 4.69) is 0 Å². The number of methoxy groups -OCH3 is 3. The number of Topliss-reactive ketones (excluding diaryl/α,β-unsaturated/α-hetero) is 3. The van der Waals surface area contributed by atoms with Crippen molar-refractivity contribution in [3.8, 4) is 0 Å². The van der Waals surface area contributed by atoms with Crippen LogP contribution < -0.4 is 0 Å². The molecule has 3 heterocycles. The molecular weight excluding hydrogens is 887 g/mol. The second-order valence-electron chi connectivity index (χ2n) is 20.5. The van der Waals surface area contributed by atoms with Gasteiger partial charge in [-0.05, 0) is 113 Å². The number of fused-ring (bicyclic) bond motifs is 3. The first kappa shape index (κ1) is 58.2. The third kappa shape index (κ3) is 16.0. The number of aliphatic hydroxyl groups excluding tert-OH is 2. The Morgan fingerprint density at radius 2 is 1.59 bits per heavy atom. The third-order valence-electron chi connectivity index (χ3n) is 15.1. The molecule has 0 aromatic carbocycles. The van der Waals surface area contributed by atoms with Crippen molar-refractivity contribution in [3.05, 3.63) is 47.6 Å². The van der Waals surface area contributed by atoms with Gasteiger partial charge in [-0.15, -0.1) is 0 Å². The van der Waals surface area contributed by atoms with Crippen LogP contribution in [0.1, 0.15) is 132 Å². The highest BCUT2D eigenvalue weighted by atomic mass is 16.6. The number of allylic oxidation sites excluding steroid dienone is 6. The summed E-state index contributed by atoms with van der Waals surface area (Å²) < 4.78 is 35.8. The van der Waals surface area contributed by atoms with E-state index in [1.165, 1.54) is 12.0 Å². The number of nitrogens with zero attached hydrogens (tertiary/aromatic N) is 1. The summed E-state index contributed by atoms with van der Waals surface area (Å²) in [7, 11) is 4.61. The maximum Gasteiger partial charge on any atom is 0.329 e. The van der Waals surface area contributed by atoms with Crippen molar-refractivity contribution < 1.29 is 67.7 Å². The molecule has 390 valence electrons. The molecule has 69 heavy (non-hydrogen) atoms. The maximum atomic E-state index is 14.5. The molecule has 1 saturated carbocycles. The van der Waals surface area contributed by atoms with Crippen molar-refractivity contribution in [1.29, 1.82) is 0 Å². The zero-order chi connectivity index (χ0) is 51.0. The molecule has 0 aromatic rings. The highest BCUT2D eigenvalue weighted by molar-refractivity contribution is 6.39. The van der Waals surface area contributed by atoms with E-state index in [9.17, 15) is 39.3 Å². The van der Waals surface area contributed by atoms with Crippen LogP contribution in [-0.4, -0.2) is 145 Å². The molecule has 0 spiro atoms. The zero-order valence-electron chi connectivity index (χ0n) is 43.1. The molecule has 4 rings (SSSR count). The average molecular weight is 972 g/mol. The molecule has 3 N–H and O–H groups in total. The van der Waals surface area contributed by atoms with Gasteiger partial charge in [-0.2, -0.15) is 0 Å². The van der Waals surface area contributed by atoms with Crippen LogP contribution in [0.3, 0.4) is 0 Å². The highest BCUT2D eigenvalue weighted by Crippen LogP contribution is 2.38. The first-order valence-corrected chi connectivity index (χ1v) is 25.5. The number of ketones is 3. The van der Waals surface area contributed by atoms with Gasteiger partial charge in [-0.3, -0.25) is 19.2 Å². The van der Waals surface area contributed by atoms with Crippen LogP contribution in [0.4, 0.5) is 0 Å². The van der Waals surface area contributed by atoms with Crippen molar-refractivity contribution in [3.63, 3.8) is 0 Å². The monoisotopic (exact) mass is 972 g/mol. The lowest BCUT2D eigenvalue weighted by molar-refractivity contribution is -0.265. The summed E-state index contributed by atoms with van der Waals surface area (Å²) >= 11 is 0. The minimum absolute atomic E-state index is 0.0163. The molecule has 4 aliphatic rings. The van der Waals surface area contributed by atoms with Gasteiger partial charge in [-0.1, -0.05) is 71.1 Å². The van der Waals surface area contributed by atoms with E-state index in [4.69, 9.17) is 28.4 Å². The Hall–Kier alpha value is -3.41. The Balaban J connectivity index is 1.69. The van der Waals surface area contributed by atoms with E-state index >= 15 is 0 Å². The molecule has 1 amide bonds. The van der Waals surface area contributed by atoms with Crippen molar-refractivity contribution in [2.45, 2.75) is 186 Å². The molecule has 1 aliphatic carbocycles. The molecular formula is C54H85NO14. The smallest absolute Gasteiger partial charge is 0.329 e. The number of hydrogen-bond donors (Lipinski definition) is 3. The van der Waals surface area contributed by atoms with Crippen LogP contribution in [0.2, 0.25) is 0 Å². The van der Waals surface area contributed by atoms with E-state index in [1.807, 2.05) is 58.1 Å². The first-order chi connectivity index (χ1) is 32.8. The number of amides is 1. The quantitative estimate of drug-likeness (QED) is 0.0916. The largest absolute Gasteiger partial charge is 0.460 e. The van der Waals surface area contributed by atoms with E-state index in [0.29, 0.717) is 70.0 Å². The molecule has 15 atom stereocenters. The number of ether oxygens (including phenoxy) is 6. The predicted octanol–water partition coefficient (Wildman–Crippen LogP) is 6.59. The summed E-state index contributed by atoms with van der Waals surface area (Å²) in [4.78, 5) is 72.2. The third-order valence-corrected chi connectivity index (χ3v) is 15.1. The van der Waals surface area contributed by atoms with E-state index < -0.39 is 77.8 Å². The fourth-order valence-corrected chi connectivity index (χ4v) is 10.6. The number of carbonyl (C=O) groups is 5. The molecule has 15 heteroatoms. The molecule has 3 fully saturated rings. The Morgan fingerprint density at radius 3 is 2.28 bits per heavy atom. The number of cyclic esters (lactones) is 1. The van der Waals surface area contributed by atoms with Crippen LogP contribution in [0, 0.1) is 35.5 Å². The van der Waals surface area contributed by atoms with Gasteiger partial charge in [0.2, 0.25) is 5.79 Å². The van der Waals surface area contributed by atoms with Gasteiger partial charge in [-0.25, -0.2) is 4.79 Å². The van der Waals surface area contributed by atoms with Crippen LogP contribution in [-0.2, 0) is 52.4 Å². The van der Waals surface area contributed by atoms with Crippen molar-refractivity contribution in [1.82, 2.24) is 4.90 Å². The van der Waals surface area contributed by atoms with Gasteiger partial charge >= 0.3 is 5.97 Å². The number of aliphatic hydroxyl groups is 3. The predicted molar refractivity (Wildman–Crippen MR) is 261 cm³/mol. The van der Waals surface area contributed by atoms with Gasteiger partial charge in [0.15, 0.2) is 5.78 Å². The second kappa shape index (κ2) is 28.0. The topological polar surface area (TPSA) is 205 Å². The normalized spacial score (nSPS) is 38.8. The van der Waals surface area contributed by atoms with Gasteiger partial charge in [0, 0.05) is 71.7 Å². The Morgan fingerprint density at radius 1 is 0.855 bits per heavy atom. The number of rotatable bonds is 10. The van der Waals surface area contributed by atoms with Gasteiger partial charge in [0.25, 0.3) is 11.7 Å². The molecule has 3 aliphatic heterocycles. The number of hydrogen-bond acceptors (Lipinski definition) is 14. The molecule has 2 bridgehead atoms. The van der Waals surface area contributed by atoms with Gasteiger partial charge in [0.05, 0.1) is 24.4 Å². The zero-order valence-corrected chi connectivity index (χ0v) is 43.1. The van der Waals surface area contributed by atoms with E-state index in [-0.39, 0.29) is 67.5 Å². The van der Waals surface area contributed by atoms with Crippen LogP contribution in [0.15, 0.2) is 47.6 Å². The Kier molecular flexibility index (Phi) is 23.6. The molecule has 15 nitrogen and oxygen atoms in total. The Bertz CT molecular complexity index is 1830. The van der Waals surface area contributed by atoms with Crippen LogP contribution in [0.5, 0.6) is 0 Å². The summed E-state index contributed by atoms with van der Waals surface area (Å²) in [6.45, 7) is 13.3. The number of esters is 1. The van der Waals surface area contributed by atoms with Gasteiger partial charge in [0.1, 0.15) is 30.1 Å². The lowest BCUT2D eigenvalue weighted by atomic mass is 9.78.